The lowest BCUT2D eigenvalue weighted by molar-refractivity contribution is 0.00158. The molecule has 2 rings (SSSR count). The molecule has 3 nitrogen and oxygen atoms in total. The molecule has 0 aromatic rings. The van der Waals surface area contributed by atoms with Crippen LogP contribution in [0.4, 0.5) is 0 Å². The summed E-state index contributed by atoms with van der Waals surface area (Å²) in [6.07, 6.45) is 4.79. The molecule has 1 saturated heterocycles. The Balaban J connectivity index is 1.83. The van der Waals surface area contributed by atoms with E-state index < -0.39 is 0 Å². The molecule has 0 bridgehead atoms. The minimum atomic E-state index is -0.136. The first-order chi connectivity index (χ1) is 8.40. The first-order valence-electron chi connectivity index (χ1n) is 7.47. The second-order valence-electron chi connectivity index (χ2n) is 7.28. The predicted molar refractivity (Wildman–Crippen MR) is 75.7 cm³/mol. The average molecular weight is 254 g/mol. The molecule has 1 aliphatic heterocycles. The fraction of sp³-hybridized carbons (Fsp3) is 1.00. The normalized spacial score (nSPS) is 34.3. The highest BCUT2D eigenvalue weighted by Gasteiger charge is 2.43. The Morgan fingerprint density at radius 3 is 2.22 bits per heavy atom. The standard InChI is InChI=1S/C15H30N2O/c1-15(2)8-5-13(14(15)18)17-9-6-12(7-10-17)11-16(3)4/h12-14,18H,5-11H2,1-4H3. The predicted octanol–water partition coefficient (Wildman–Crippen LogP) is 1.81. The topological polar surface area (TPSA) is 26.7 Å². The van der Waals surface area contributed by atoms with Gasteiger partial charge in [0.25, 0.3) is 0 Å². The van der Waals surface area contributed by atoms with E-state index in [2.05, 4.69) is 37.7 Å². The Morgan fingerprint density at radius 1 is 1.17 bits per heavy atom. The summed E-state index contributed by atoms with van der Waals surface area (Å²) < 4.78 is 0. The van der Waals surface area contributed by atoms with Gasteiger partial charge in [-0.05, 0) is 64.2 Å². The second kappa shape index (κ2) is 5.48. The Bertz CT molecular complexity index is 270. The molecular weight excluding hydrogens is 224 g/mol. The highest BCUT2D eigenvalue weighted by atomic mass is 16.3. The third kappa shape index (κ3) is 3.06. The van der Waals surface area contributed by atoms with Crippen molar-refractivity contribution in [2.75, 3.05) is 33.7 Å². The van der Waals surface area contributed by atoms with E-state index in [9.17, 15) is 5.11 Å². The van der Waals surface area contributed by atoms with Crippen molar-refractivity contribution in [1.29, 1.82) is 0 Å². The fourth-order valence-corrected chi connectivity index (χ4v) is 3.71. The van der Waals surface area contributed by atoms with Gasteiger partial charge >= 0.3 is 0 Å². The van der Waals surface area contributed by atoms with Gasteiger partial charge in [0.2, 0.25) is 0 Å². The number of aliphatic hydroxyl groups excluding tert-OH is 1. The van der Waals surface area contributed by atoms with Crippen LogP contribution < -0.4 is 0 Å². The molecule has 2 unspecified atom stereocenters. The summed E-state index contributed by atoms with van der Waals surface area (Å²) in [6, 6.07) is 0.417. The molecule has 18 heavy (non-hydrogen) atoms. The van der Waals surface area contributed by atoms with Gasteiger partial charge in [-0.2, -0.15) is 0 Å². The van der Waals surface area contributed by atoms with Crippen LogP contribution in [0.25, 0.3) is 0 Å². The fourth-order valence-electron chi connectivity index (χ4n) is 3.71. The summed E-state index contributed by atoms with van der Waals surface area (Å²) in [5, 5.41) is 10.4. The molecule has 1 heterocycles. The number of nitrogens with zero attached hydrogens (tertiary/aromatic N) is 2. The van der Waals surface area contributed by atoms with Crippen molar-refractivity contribution in [3.63, 3.8) is 0 Å². The maximum Gasteiger partial charge on any atom is 0.0746 e. The lowest BCUT2D eigenvalue weighted by Gasteiger charge is -2.39. The molecule has 2 aliphatic rings. The molecular formula is C15H30N2O. The maximum absolute atomic E-state index is 10.4. The molecule has 0 amide bonds. The minimum Gasteiger partial charge on any atom is -0.391 e. The van der Waals surface area contributed by atoms with Gasteiger partial charge in [0, 0.05) is 12.6 Å². The Morgan fingerprint density at radius 2 is 1.78 bits per heavy atom. The number of piperidine rings is 1. The van der Waals surface area contributed by atoms with E-state index >= 15 is 0 Å². The third-order valence-electron chi connectivity index (χ3n) is 4.99. The summed E-state index contributed by atoms with van der Waals surface area (Å²) in [5.41, 5.74) is 0.116. The zero-order valence-electron chi connectivity index (χ0n) is 12.5. The van der Waals surface area contributed by atoms with E-state index in [1.165, 1.54) is 38.9 Å². The van der Waals surface area contributed by atoms with E-state index in [1.54, 1.807) is 0 Å². The van der Waals surface area contributed by atoms with Gasteiger partial charge in [-0.15, -0.1) is 0 Å². The smallest absolute Gasteiger partial charge is 0.0746 e. The minimum absolute atomic E-state index is 0.116. The van der Waals surface area contributed by atoms with Gasteiger partial charge in [0.1, 0.15) is 0 Å². The highest BCUT2D eigenvalue weighted by molar-refractivity contribution is 4.97. The maximum atomic E-state index is 10.4. The van der Waals surface area contributed by atoms with Crippen LogP contribution in [-0.4, -0.2) is 60.8 Å². The zero-order chi connectivity index (χ0) is 13.3. The quantitative estimate of drug-likeness (QED) is 0.832. The van der Waals surface area contributed by atoms with E-state index in [4.69, 9.17) is 0 Å². The first-order valence-corrected chi connectivity index (χ1v) is 7.47. The van der Waals surface area contributed by atoms with Crippen molar-refractivity contribution in [1.82, 2.24) is 9.80 Å². The van der Waals surface area contributed by atoms with Crippen LogP contribution in [0, 0.1) is 11.3 Å². The number of rotatable bonds is 3. The molecule has 1 aliphatic carbocycles. The van der Waals surface area contributed by atoms with Gasteiger partial charge in [-0.25, -0.2) is 0 Å². The molecule has 2 fully saturated rings. The number of hydrogen-bond donors (Lipinski definition) is 1. The van der Waals surface area contributed by atoms with Gasteiger partial charge in [-0.1, -0.05) is 13.8 Å². The Hall–Kier alpha value is -0.120. The Kier molecular flexibility index (Phi) is 4.35. The molecule has 0 spiro atoms. The van der Waals surface area contributed by atoms with Crippen LogP contribution in [0.1, 0.15) is 39.5 Å². The molecule has 0 aromatic carbocycles. The average Bonchev–Trinajstić information content (AvgIpc) is 2.55. The van der Waals surface area contributed by atoms with Crippen molar-refractivity contribution in [3.8, 4) is 0 Å². The van der Waals surface area contributed by atoms with E-state index in [1.807, 2.05) is 0 Å². The van der Waals surface area contributed by atoms with Crippen molar-refractivity contribution >= 4 is 0 Å². The summed E-state index contributed by atoms with van der Waals surface area (Å²) in [5.74, 6) is 0.850. The molecule has 0 radical (unpaired) electrons. The van der Waals surface area contributed by atoms with E-state index in [0.29, 0.717) is 6.04 Å². The third-order valence-corrected chi connectivity index (χ3v) is 4.99. The van der Waals surface area contributed by atoms with Gasteiger partial charge in [-0.3, -0.25) is 4.90 Å². The highest BCUT2D eigenvalue weighted by Crippen LogP contribution is 2.40. The monoisotopic (exact) mass is 254 g/mol. The largest absolute Gasteiger partial charge is 0.391 e. The molecule has 2 atom stereocenters. The summed E-state index contributed by atoms with van der Waals surface area (Å²) >= 11 is 0. The molecule has 1 saturated carbocycles. The zero-order valence-corrected chi connectivity index (χ0v) is 12.5. The lowest BCUT2D eigenvalue weighted by Crippen LogP contribution is -2.48. The summed E-state index contributed by atoms with van der Waals surface area (Å²) in [6.45, 7) is 7.98. The second-order valence-corrected chi connectivity index (χ2v) is 7.28. The van der Waals surface area contributed by atoms with Crippen molar-refractivity contribution in [2.45, 2.75) is 51.7 Å². The van der Waals surface area contributed by atoms with Gasteiger partial charge < -0.3 is 10.0 Å². The molecule has 106 valence electrons. The number of hydrogen-bond acceptors (Lipinski definition) is 3. The number of aliphatic hydroxyl groups is 1. The van der Waals surface area contributed by atoms with E-state index in [-0.39, 0.29) is 11.5 Å². The van der Waals surface area contributed by atoms with Gasteiger partial charge in [0.15, 0.2) is 0 Å². The first kappa shape index (κ1) is 14.3. The van der Waals surface area contributed by atoms with Crippen LogP contribution in [-0.2, 0) is 0 Å². The van der Waals surface area contributed by atoms with Crippen LogP contribution in [0.3, 0.4) is 0 Å². The van der Waals surface area contributed by atoms with E-state index in [0.717, 1.165) is 12.3 Å². The molecule has 3 heteroatoms. The lowest BCUT2D eigenvalue weighted by atomic mass is 9.88. The molecule has 1 N–H and O–H groups in total. The van der Waals surface area contributed by atoms with Crippen molar-refractivity contribution < 1.29 is 5.11 Å². The van der Waals surface area contributed by atoms with Gasteiger partial charge in [0.05, 0.1) is 6.10 Å². The summed E-state index contributed by atoms with van der Waals surface area (Å²) in [7, 11) is 4.32. The molecule has 0 aromatic heterocycles. The van der Waals surface area contributed by atoms with Crippen molar-refractivity contribution in [2.24, 2.45) is 11.3 Å². The van der Waals surface area contributed by atoms with Crippen LogP contribution >= 0.6 is 0 Å². The SMILES string of the molecule is CN(C)CC1CCN(C2CCC(C)(C)C2O)CC1. The van der Waals surface area contributed by atoms with Crippen LogP contribution in [0.5, 0.6) is 0 Å². The van der Waals surface area contributed by atoms with Crippen LogP contribution in [0.15, 0.2) is 0 Å². The Labute approximate surface area is 112 Å². The van der Waals surface area contributed by atoms with Crippen molar-refractivity contribution in [3.05, 3.63) is 0 Å². The van der Waals surface area contributed by atoms with Crippen LogP contribution in [0.2, 0.25) is 0 Å². The summed E-state index contributed by atoms with van der Waals surface area (Å²) in [4.78, 5) is 4.85. The number of likely N-dealkylation sites (tertiary alicyclic amines) is 1.